The molecule has 162 valence electrons. The first kappa shape index (κ1) is 21.4. The zero-order valence-electron chi connectivity index (χ0n) is 18.0. The van der Waals surface area contributed by atoms with Gasteiger partial charge in [-0.05, 0) is 30.2 Å². The highest BCUT2D eigenvalue weighted by atomic mass is 32.2. The van der Waals surface area contributed by atoms with Crippen LogP contribution in [0.1, 0.15) is 13.8 Å². The lowest BCUT2D eigenvalue weighted by molar-refractivity contribution is -0.128. The van der Waals surface area contributed by atoms with Crippen LogP contribution in [-0.4, -0.2) is 62.5 Å². The number of carbonyl (C=O) groups is 1. The quantitative estimate of drug-likeness (QED) is 0.529. The van der Waals surface area contributed by atoms with Crippen molar-refractivity contribution in [3.8, 4) is 11.4 Å². The maximum Gasteiger partial charge on any atom is 0.233 e. The molecular formula is C23H28N6OS. The van der Waals surface area contributed by atoms with Gasteiger partial charge in [-0.2, -0.15) is 0 Å². The van der Waals surface area contributed by atoms with Crippen LogP contribution in [0.3, 0.4) is 0 Å². The zero-order valence-corrected chi connectivity index (χ0v) is 18.8. The molecule has 4 rings (SSSR count). The average Bonchev–Trinajstić information content (AvgIpc) is 3.20. The summed E-state index contributed by atoms with van der Waals surface area (Å²) in [5, 5.41) is 9.59. The fourth-order valence-electron chi connectivity index (χ4n) is 3.71. The van der Waals surface area contributed by atoms with Gasteiger partial charge < -0.3 is 14.4 Å². The second-order valence-corrected chi connectivity index (χ2v) is 8.98. The number of benzene rings is 1. The van der Waals surface area contributed by atoms with Gasteiger partial charge >= 0.3 is 0 Å². The van der Waals surface area contributed by atoms with E-state index in [9.17, 15) is 4.79 Å². The summed E-state index contributed by atoms with van der Waals surface area (Å²) in [7, 11) is 0. The van der Waals surface area contributed by atoms with Crippen LogP contribution >= 0.6 is 11.8 Å². The van der Waals surface area contributed by atoms with E-state index in [1.54, 1.807) is 12.4 Å². The van der Waals surface area contributed by atoms with E-state index in [2.05, 4.69) is 62.8 Å². The Morgan fingerprint density at radius 3 is 2.39 bits per heavy atom. The van der Waals surface area contributed by atoms with Crippen molar-refractivity contribution in [3.63, 3.8) is 0 Å². The molecular weight excluding hydrogens is 408 g/mol. The molecule has 0 N–H and O–H groups in total. The molecule has 0 spiro atoms. The van der Waals surface area contributed by atoms with Gasteiger partial charge in [0.05, 0.1) is 5.75 Å². The molecule has 8 heteroatoms. The number of amides is 1. The van der Waals surface area contributed by atoms with Crippen LogP contribution in [0.4, 0.5) is 5.69 Å². The first-order valence-corrected chi connectivity index (χ1v) is 11.6. The van der Waals surface area contributed by atoms with E-state index in [1.165, 1.54) is 17.4 Å². The highest BCUT2D eigenvalue weighted by Crippen LogP contribution is 2.25. The van der Waals surface area contributed by atoms with Crippen LogP contribution in [0.25, 0.3) is 11.4 Å². The summed E-state index contributed by atoms with van der Waals surface area (Å²) in [5.74, 6) is 1.79. The molecule has 1 aliphatic heterocycles. The summed E-state index contributed by atoms with van der Waals surface area (Å²) in [4.78, 5) is 21.2. The molecule has 1 fully saturated rings. The fourth-order valence-corrected chi connectivity index (χ4v) is 4.56. The minimum Gasteiger partial charge on any atom is -0.368 e. The minimum atomic E-state index is 0.155. The van der Waals surface area contributed by atoms with Crippen LogP contribution in [0.5, 0.6) is 0 Å². The van der Waals surface area contributed by atoms with Gasteiger partial charge in [-0.1, -0.05) is 43.8 Å². The van der Waals surface area contributed by atoms with Crippen molar-refractivity contribution in [1.82, 2.24) is 24.6 Å². The van der Waals surface area contributed by atoms with Crippen LogP contribution in [-0.2, 0) is 11.3 Å². The number of anilines is 1. The summed E-state index contributed by atoms with van der Waals surface area (Å²) >= 11 is 1.47. The lowest BCUT2D eigenvalue weighted by Crippen LogP contribution is -2.49. The van der Waals surface area contributed by atoms with E-state index in [0.717, 1.165) is 49.3 Å². The van der Waals surface area contributed by atoms with Crippen molar-refractivity contribution in [2.75, 3.05) is 36.8 Å². The molecule has 1 aromatic carbocycles. The SMILES string of the molecule is CC(C)Cn1c(SCC(=O)N2CCN(c3ccccc3)CC2)nnc1-c1ccncc1. The number of para-hydroxylation sites is 1. The van der Waals surface area contributed by atoms with Gasteiger partial charge in [0.2, 0.25) is 5.91 Å². The molecule has 0 atom stereocenters. The molecule has 7 nitrogen and oxygen atoms in total. The van der Waals surface area contributed by atoms with Crippen molar-refractivity contribution in [2.45, 2.75) is 25.5 Å². The number of nitrogens with zero attached hydrogens (tertiary/aromatic N) is 6. The molecule has 0 aliphatic carbocycles. The van der Waals surface area contributed by atoms with Gasteiger partial charge in [0, 0.05) is 56.4 Å². The maximum absolute atomic E-state index is 12.8. The van der Waals surface area contributed by atoms with E-state index in [0.29, 0.717) is 11.7 Å². The first-order chi connectivity index (χ1) is 15.1. The predicted octanol–water partition coefficient (Wildman–Crippen LogP) is 3.44. The number of rotatable bonds is 7. The van der Waals surface area contributed by atoms with Crippen LogP contribution in [0.2, 0.25) is 0 Å². The number of aromatic nitrogens is 4. The molecule has 0 unspecified atom stereocenters. The van der Waals surface area contributed by atoms with Crippen LogP contribution in [0.15, 0.2) is 60.0 Å². The summed E-state index contributed by atoms with van der Waals surface area (Å²) in [5.41, 5.74) is 2.20. The summed E-state index contributed by atoms with van der Waals surface area (Å²) in [6.45, 7) is 8.35. The van der Waals surface area contributed by atoms with Crippen molar-refractivity contribution >= 4 is 23.4 Å². The number of pyridine rings is 1. The Hall–Kier alpha value is -2.87. The van der Waals surface area contributed by atoms with Gasteiger partial charge in [-0.25, -0.2) is 0 Å². The van der Waals surface area contributed by atoms with Gasteiger partial charge in [-0.3, -0.25) is 9.78 Å². The van der Waals surface area contributed by atoms with Gasteiger partial charge in [-0.15, -0.1) is 10.2 Å². The largest absolute Gasteiger partial charge is 0.368 e. The zero-order chi connectivity index (χ0) is 21.6. The second kappa shape index (κ2) is 9.96. The third kappa shape index (κ3) is 5.25. The highest BCUT2D eigenvalue weighted by Gasteiger charge is 2.23. The Balaban J connectivity index is 1.38. The van der Waals surface area contributed by atoms with E-state index in [-0.39, 0.29) is 5.91 Å². The van der Waals surface area contributed by atoms with Crippen LogP contribution < -0.4 is 4.90 Å². The molecule has 0 radical (unpaired) electrons. The van der Waals surface area contributed by atoms with Gasteiger partial charge in [0.1, 0.15) is 0 Å². The van der Waals surface area contributed by atoms with Gasteiger partial charge in [0.25, 0.3) is 0 Å². The lowest BCUT2D eigenvalue weighted by atomic mass is 10.2. The van der Waals surface area contributed by atoms with Crippen molar-refractivity contribution < 1.29 is 4.79 Å². The third-order valence-corrected chi connectivity index (χ3v) is 6.23. The second-order valence-electron chi connectivity index (χ2n) is 8.04. The Kier molecular flexibility index (Phi) is 6.86. The number of hydrogen-bond acceptors (Lipinski definition) is 6. The molecule has 1 saturated heterocycles. The summed E-state index contributed by atoms with van der Waals surface area (Å²) < 4.78 is 2.12. The average molecular weight is 437 g/mol. The molecule has 0 saturated carbocycles. The molecule has 1 aliphatic rings. The van der Waals surface area contributed by atoms with Crippen molar-refractivity contribution in [3.05, 3.63) is 54.9 Å². The maximum atomic E-state index is 12.8. The Labute approximate surface area is 187 Å². The first-order valence-electron chi connectivity index (χ1n) is 10.7. The van der Waals surface area contributed by atoms with Crippen molar-refractivity contribution in [1.29, 1.82) is 0 Å². The minimum absolute atomic E-state index is 0.155. The fraction of sp³-hybridized carbons (Fsp3) is 0.391. The smallest absolute Gasteiger partial charge is 0.233 e. The highest BCUT2D eigenvalue weighted by molar-refractivity contribution is 7.99. The number of carbonyl (C=O) groups excluding carboxylic acids is 1. The van der Waals surface area contributed by atoms with E-state index in [1.807, 2.05) is 23.1 Å². The predicted molar refractivity (Wildman–Crippen MR) is 124 cm³/mol. The molecule has 1 amide bonds. The molecule has 31 heavy (non-hydrogen) atoms. The van der Waals surface area contributed by atoms with Gasteiger partial charge in [0.15, 0.2) is 11.0 Å². The third-order valence-electron chi connectivity index (χ3n) is 5.28. The molecule has 3 aromatic rings. The summed E-state index contributed by atoms with van der Waals surface area (Å²) in [6.07, 6.45) is 3.52. The summed E-state index contributed by atoms with van der Waals surface area (Å²) in [6, 6.07) is 14.2. The van der Waals surface area contributed by atoms with Crippen molar-refractivity contribution in [2.24, 2.45) is 5.92 Å². The Morgan fingerprint density at radius 2 is 1.71 bits per heavy atom. The molecule has 0 bridgehead atoms. The topological polar surface area (TPSA) is 67.2 Å². The Morgan fingerprint density at radius 1 is 1.00 bits per heavy atom. The number of piperazine rings is 1. The van der Waals surface area contributed by atoms with E-state index >= 15 is 0 Å². The van der Waals surface area contributed by atoms with E-state index < -0.39 is 0 Å². The standard InChI is InChI=1S/C23H28N6OS/c1-18(2)16-29-22(19-8-10-24-11-9-19)25-26-23(29)31-17-21(30)28-14-12-27(13-15-28)20-6-4-3-5-7-20/h3-11,18H,12-17H2,1-2H3. The van der Waals surface area contributed by atoms with E-state index in [4.69, 9.17) is 0 Å². The molecule has 3 heterocycles. The molecule has 2 aromatic heterocycles. The Bertz CT molecular complexity index is 984. The number of thioether (sulfide) groups is 1. The monoisotopic (exact) mass is 436 g/mol. The van der Waals surface area contributed by atoms with Crippen LogP contribution in [0, 0.1) is 5.92 Å². The number of hydrogen-bond donors (Lipinski definition) is 0. The normalized spacial score (nSPS) is 14.3. The lowest BCUT2D eigenvalue weighted by Gasteiger charge is -2.36.